The van der Waals surface area contributed by atoms with Gasteiger partial charge in [-0.1, -0.05) is 91.4 Å². The number of aromatic nitrogens is 9. The first-order valence-electron chi connectivity index (χ1n) is 30.4. The first-order valence-corrected chi connectivity index (χ1v) is 31.9. The molecule has 0 spiro atoms. The molecule has 0 saturated heterocycles. The van der Waals surface area contributed by atoms with Crippen molar-refractivity contribution in [1.29, 1.82) is 0 Å². The van der Waals surface area contributed by atoms with Gasteiger partial charge in [0, 0.05) is 41.7 Å². The van der Waals surface area contributed by atoms with E-state index in [0.29, 0.717) is 60.2 Å². The molecule has 5 aromatic carbocycles. The van der Waals surface area contributed by atoms with E-state index in [0.717, 1.165) is 24.8 Å². The van der Waals surface area contributed by atoms with Crippen molar-refractivity contribution >= 4 is 99.2 Å². The molecule has 0 fully saturated rings. The number of nitrogens with one attached hydrogen (secondary N) is 4. The smallest absolute Gasteiger partial charge is 0.354 e. The second kappa shape index (κ2) is 35.9. The minimum atomic E-state index is -0.800. The van der Waals surface area contributed by atoms with Crippen molar-refractivity contribution in [2.24, 2.45) is 17.8 Å². The van der Waals surface area contributed by atoms with Gasteiger partial charge in [-0.25, -0.2) is 42.5 Å². The second-order valence-electron chi connectivity index (χ2n) is 22.7. The van der Waals surface area contributed by atoms with Gasteiger partial charge in [0.15, 0.2) is 0 Å². The topological polar surface area (TPSA) is 333 Å². The lowest BCUT2D eigenvalue weighted by atomic mass is 10.2. The van der Waals surface area contributed by atoms with Crippen LogP contribution in [0.5, 0.6) is 23.0 Å². The number of hydrogen-bond donors (Lipinski definition) is 4. The number of aromatic amines is 1. The van der Waals surface area contributed by atoms with Crippen LogP contribution in [-0.2, 0) is 61.3 Å². The first-order chi connectivity index (χ1) is 46.4. The number of nitrogens with zero attached hydrogens (tertiary/aromatic N) is 8. The summed E-state index contributed by atoms with van der Waals surface area (Å²) in [7, 11) is 5.29. The Kier molecular flexibility index (Phi) is 28.3. The van der Waals surface area contributed by atoms with Crippen LogP contribution in [0.4, 0.5) is 34.9 Å². The van der Waals surface area contributed by atoms with Gasteiger partial charge in [0.2, 0.25) is 17.8 Å². The molecule has 0 saturated carbocycles. The highest BCUT2D eigenvalue weighted by atomic mass is 35.5. The molecule has 98 heavy (non-hydrogen) atoms. The van der Waals surface area contributed by atoms with Crippen LogP contribution in [0.2, 0.25) is 20.1 Å². The Hall–Kier alpha value is -9.90. The summed E-state index contributed by atoms with van der Waals surface area (Å²) in [6.45, 7) is 15.7. The lowest BCUT2D eigenvalue weighted by Crippen LogP contribution is -2.44. The number of halogens is 4. The van der Waals surface area contributed by atoms with E-state index in [9.17, 15) is 43.2 Å². The highest BCUT2D eigenvalue weighted by Gasteiger charge is 2.24. The van der Waals surface area contributed by atoms with Gasteiger partial charge >= 0.3 is 52.0 Å². The van der Waals surface area contributed by atoms with Gasteiger partial charge in [-0.05, 0) is 132 Å². The van der Waals surface area contributed by atoms with Crippen molar-refractivity contribution < 1.29 is 47.5 Å². The zero-order valence-corrected chi connectivity index (χ0v) is 59.0. The molecule has 4 N–H and O–H groups in total. The molecule has 0 radical (unpaired) electrons. The van der Waals surface area contributed by atoms with Crippen LogP contribution in [-0.4, -0.2) is 107 Å². The van der Waals surface area contributed by atoms with Crippen molar-refractivity contribution in [1.82, 2.24) is 42.8 Å². The molecular weight excluding hydrogens is 1360 g/mol. The Morgan fingerprint density at radius 1 is 0.439 bits per heavy atom. The molecule has 0 aliphatic rings. The second-order valence-corrected chi connectivity index (χ2v) is 24.4. The zero-order chi connectivity index (χ0) is 72.2. The standard InChI is InChI=1S/C25H29ClN4O6.C24H26Cl2N4O5.C17H21ClN4O5/c1-15(2)36-21-11-8-18(12-20(21)26)27-23-28-24(32)30(13-16(3)22(31)35-5)25(33)29(23)14-17-6-9-19(34-4)10-7-17;1-14(2)35-20-10-9-18(11-19(20)26)27-22-28-23(32)30(12-15(3)21(31)34-4)24(33)29(22)13-16-5-7-17(25)8-6-16;1-9(2)27-13-6-5-11(7-12(13)18)19-15-20-16(24)22(17(25)21-15)8-10(3)14(23)26-4/h6-12,15-16H,13-14H2,1-5H3,(H,27,28,32);5-11,14-15H,12-13H2,1-4H3,(H,27,28,32);5-7,9-10H,8H2,1-4H3,(H2,19,20,21,24,25)/t16-;15-;10-/m000/s1. The van der Waals surface area contributed by atoms with Crippen LogP contribution >= 0.6 is 46.4 Å². The fourth-order valence-corrected chi connectivity index (χ4v) is 9.82. The molecule has 0 bridgehead atoms. The zero-order valence-electron chi connectivity index (χ0n) is 55.9. The molecule has 3 atom stereocenters. The van der Waals surface area contributed by atoms with E-state index in [-0.39, 0.29) is 68.9 Å². The minimum Gasteiger partial charge on any atom is -0.497 e. The Balaban J connectivity index is 0.000000235. The lowest BCUT2D eigenvalue weighted by molar-refractivity contribution is -0.146. The average Bonchev–Trinajstić information content (AvgIpc) is 0.797. The van der Waals surface area contributed by atoms with E-state index in [1.54, 1.807) is 131 Å². The Morgan fingerprint density at radius 2 is 0.776 bits per heavy atom. The van der Waals surface area contributed by atoms with E-state index < -0.39 is 69.8 Å². The third-order valence-electron chi connectivity index (χ3n) is 13.8. The molecule has 3 aromatic heterocycles. The van der Waals surface area contributed by atoms with E-state index in [2.05, 4.69) is 40.6 Å². The van der Waals surface area contributed by atoms with Gasteiger partial charge in [-0.2, -0.15) is 15.0 Å². The van der Waals surface area contributed by atoms with E-state index in [4.69, 9.17) is 74.8 Å². The molecule has 0 aliphatic heterocycles. The molecule has 8 rings (SSSR count). The van der Waals surface area contributed by atoms with E-state index >= 15 is 0 Å². The van der Waals surface area contributed by atoms with Crippen LogP contribution in [0.3, 0.4) is 0 Å². The maximum Gasteiger partial charge on any atom is 0.354 e. The Labute approximate surface area is 582 Å². The molecular formula is C66H76Cl4N12O16. The molecule has 524 valence electrons. The van der Waals surface area contributed by atoms with Crippen LogP contribution in [0.1, 0.15) is 73.4 Å². The van der Waals surface area contributed by atoms with Crippen LogP contribution in [0.25, 0.3) is 0 Å². The minimum absolute atomic E-state index is 0.0190. The predicted octanol–water partition coefficient (Wildman–Crippen LogP) is 9.48. The summed E-state index contributed by atoms with van der Waals surface area (Å²) < 4.78 is 41.4. The summed E-state index contributed by atoms with van der Waals surface area (Å²) in [4.78, 5) is 126. The summed E-state index contributed by atoms with van der Waals surface area (Å²) in [6, 6.07) is 29.0. The quantitative estimate of drug-likeness (QED) is 0.0289. The van der Waals surface area contributed by atoms with Gasteiger partial charge in [0.05, 0.1) is 92.7 Å². The van der Waals surface area contributed by atoms with Gasteiger partial charge in [0.1, 0.15) is 23.0 Å². The SMILES string of the molecule is COC(=O)[C@@H](C)Cn1c(=O)nc(Nc2ccc(OC(C)C)c(Cl)c2)[nH]c1=O.COC(=O)[C@@H](C)Cn1c(=O)nc(Nc2ccc(OC(C)C)c(Cl)c2)n(Cc2ccc(Cl)cc2)c1=O.COC(=O)[C@@H](C)Cn1c(=O)nc(Nc2ccc(OC(C)C)c(Cl)c2)n(Cc2ccc(OC)cc2)c1=O. The fraction of sp³-hybridized carbons (Fsp3) is 0.364. The van der Waals surface area contributed by atoms with Crippen LogP contribution in [0, 0.1) is 17.8 Å². The fourth-order valence-electron chi connectivity index (χ4n) is 9.02. The monoisotopic (exact) mass is 1430 g/mol. The maximum absolute atomic E-state index is 13.4. The normalized spacial score (nSPS) is 11.8. The summed E-state index contributed by atoms with van der Waals surface area (Å²) in [6.07, 6.45) is -0.144. The van der Waals surface area contributed by atoms with E-state index in [1.165, 1.54) is 30.5 Å². The number of esters is 3. The van der Waals surface area contributed by atoms with Gasteiger partial charge in [-0.3, -0.25) is 28.5 Å². The van der Waals surface area contributed by atoms with Gasteiger partial charge < -0.3 is 49.1 Å². The predicted molar refractivity (Wildman–Crippen MR) is 372 cm³/mol. The Morgan fingerprint density at radius 3 is 1.10 bits per heavy atom. The van der Waals surface area contributed by atoms with Gasteiger partial charge in [-0.15, -0.1) is 0 Å². The summed E-state index contributed by atoms with van der Waals surface area (Å²) >= 11 is 24.8. The summed E-state index contributed by atoms with van der Waals surface area (Å²) in [5.41, 5.74) is -1.30. The summed E-state index contributed by atoms with van der Waals surface area (Å²) in [5, 5.41) is 10.5. The molecule has 8 aromatic rings. The number of methoxy groups -OCH3 is 4. The van der Waals surface area contributed by atoms with Crippen molar-refractivity contribution in [2.45, 2.75) is 113 Å². The maximum atomic E-state index is 13.4. The van der Waals surface area contributed by atoms with E-state index in [1.807, 2.05) is 41.5 Å². The van der Waals surface area contributed by atoms with Crippen molar-refractivity contribution in [3.8, 4) is 23.0 Å². The largest absolute Gasteiger partial charge is 0.497 e. The Bertz CT molecular complexity index is 4450. The van der Waals surface area contributed by atoms with Crippen molar-refractivity contribution in [3.05, 3.63) is 197 Å². The molecule has 0 unspecified atom stereocenters. The third kappa shape index (κ3) is 21.8. The number of hydrogen-bond acceptors (Lipinski definition) is 22. The summed E-state index contributed by atoms with van der Waals surface area (Å²) in [5.74, 6) is -1.51. The molecule has 32 heteroatoms. The number of rotatable bonds is 26. The number of ether oxygens (including phenoxy) is 7. The molecule has 0 amide bonds. The number of carbonyl (C=O) groups is 3. The first kappa shape index (κ1) is 77.1. The number of benzene rings is 5. The number of carbonyl (C=O) groups excluding carboxylic acids is 3. The third-order valence-corrected chi connectivity index (χ3v) is 14.9. The number of anilines is 6. The molecule has 3 heterocycles. The van der Waals surface area contributed by atoms with Crippen molar-refractivity contribution in [3.63, 3.8) is 0 Å². The lowest BCUT2D eigenvalue weighted by Gasteiger charge is -2.18. The number of H-pyrrole nitrogens is 1. The van der Waals surface area contributed by atoms with Gasteiger partial charge in [0.25, 0.3) is 0 Å². The van der Waals surface area contributed by atoms with Crippen molar-refractivity contribution in [2.75, 3.05) is 44.4 Å². The van der Waals surface area contributed by atoms with Crippen LogP contribution in [0.15, 0.2) is 132 Å². The van der Waals surface area contributed by atoms with Crippen LogP contribution < -0.4 is 69.0 Å². The highest BCUT2D eigenvalue weighted by Crippen LogP contribution is 2.32. The highest BCUT2D eigenvalue weighted by molar-refractivity contribution is 6.33. The average molecular weight is 1440 g/mol. The molecule has 28 nitrogen and oxygen atoms in total. The molecule has 0 aliphatic carbocycles.